The van der Waals surface area contributed by atoms with E-state index in [9.17, 15) is 14.7 Å². The Hall–Kier alpha value is -1.96. The Morgan fingerprint density at radius 2 is 2.11 bits per heavy atom. The Labute approximate surface area is 108 Å². The van der Waals surface area contributed by atoms with Crippen LogP contribution < -0.4 is 0 Å². The lowest BCUT2D eigenvalue weighted by molar-refractivity contribution is -0.141. The monoisotopic (exact) mass is 266 g/mol. The van der Waals surface area contributed by atoms with Crippen LogP contribution in [0.5, 0.6) is 0 Å². The molecule has 2 heterocycles. The van der Waals surface area contributed by atoms with Crippen molar-refractivity contribution in [1.82, 2.24) is 20.1 Å². The molecule has 1 aromatic heterocycles. The number of hydrogen-bond donors (Lipinski definition) is 3. The van der Waals surface area contributed by atoms with E-state index in [2.05, 4.69) is 15.2 Å². The molecule has 1 aromatic rings. The Kier molecular flexibility index (Phi) is 2.74. The number of carbonyl (C=O) groups excluding carboxylic acids is 1. The Morgan fingerprint density at radius 3 is 2.74 bits per heavy atom. The first kappa shape index (κ1) is 12.1. The number of aromatic nitrogens is 3. The molecule has 0 radical (unpaired) electrons. The summed E-state index contributed by atoms with van der Waals surface area (Å²) in [6.07, 6.45) is 1.29. The summed E-state index contributed by atoms with van der Waals surface area (Å²) in [7, 11) is 0. The number of carbonyl (C=O) groups is 2. The largest absolute Gasteiger partial charge is 0.480 e. The smallest absolute Gasteiger partial charge is 0.326 e. The maximum absolute atomic E-state index is 12.2. The molecule has 1 saturated heterocycles. The lowest BCUT2D eigenvalue weighted by atomic mass is 10.2. The van der Waals surface area contributed by atoms with Gasteiger partial charge in [0.05, 0.1) is 6.10 Å². The number of aliphatic carboxylic acids is 1. The van der Waals surface area contributed by atoms with Gasteiger partial charge >= 0.3 is 5.97 Å². The topological polar surface area (TPSA) is 119 Å². The third-order valence-corrected chi connectivity index (χ3v) is 3.48. The van der Waals surface area contributed by atoms with Crippen molar-refractivity contribution in [2.24, 2.45) is 0 Å². The van der Waals surface area contributed by atoms with Crippen LogP contribution in [-0.4, -0.2) is 60.9 Å². The Morgan fingerprint density at radius 1 is 1.37 bits per heavy atom. The van der Waals surface area contributed by atoms with Gasteiger partial charge < -0.3 is 15.1 Å². The van der Waals surface area contributed by atoms with Crippen molar-refractivity contribution in [3.63, 3.8) is 0 Å². The molecule has 2 fully saturated rings. The molecule has 2 aliphatic rings. The van der Waals surface area contributed by atoms with Crippen LogP contribution in [0, 0.1) is 0 Å². The minimum atomic E-state index is -1.12. The summed E-state index contributed by atoms with van der Waals surface area (Å²) >= 11 is 0. The normalized spacial score (nSPS) is 26.7. The van der Waals surface area contributed by atoms with Crippen molar-refractivity contribution < 1.29 is 19.8 Å². The summed E-state index contributed by atoms with van der Waals surface area (Å²) in [6, 6.07) is -1.01. The molecule has 8 nitrogen and oxygen atoms in total. The first-order valence-corrected chi connectivity index (χ1v) is 6.20. The predicted octanol–water partition coefficient (Wildman–Crippen LogP) is -0.658. The number of rotatable bonds is 3. The molecule has 0 bridgehead atoms. The molecule has 1 aliphatic carbocycles. The number of nitrogens with zero attached hydrogens (tertiary/aromatic N) is 3. The van der Waals surface area contributed by atoms with E-state index < -0.39 is 24.0 Å². The summed E-state index contributed by atoms with van der Waals surface area (Å²) in [5.41, 5.74) is 0. The quantitative estimate of drug-likeness (QED) is 0.668. The van der Waals surface area contributed by atoms with Gasteiger partial charge in [-0.05, 0) is 12.8 Å². The molecular formula is C11H14N4O4. The molecule has 3 N–H and O–H groups in total. The van der Waals surface area contributed by atoms with E-state index in [1.54, 1.807) is 0 Å². The average molecular weight is 266 g/mol. The number of carboxylic acid groups (broad SMARTS) is 1. The van der Waals surface area contributed by atoms with Crippen molar-refractivity contribution in [3.8, 4) is 0 Å². The number of aromatic amines is 1. The van der Waals surface area contributed by atoms with Crippen LogP contribution >= 0.6 is 0 Å². The van der Waals surface area contributed by atoms with Gasteiger partial charge in [0.25, 0.3) is 5.91 Å². The van der Waals surface area contributed by atoms with Crippen LogP contribution in [0.15, 0.2) is 0 Å². The molecule has 0 aromatic carbocycles. The number of carboxylic acids is 1. The second kappa shape index (κ2) is 4.30. The maximum Gasteiger partial charge on any atom is 0.326 e. The number of β-amino-alcohol motifs (C(OH)–C–C–N with tert-alkyl or cyclic N) is 1. The first-order valence-electron chi connectivity index (χ1n) is 6.20. The number of amides is 1. The van der Waals surface area contributed by atoms with E-state index in [1.807, 2.05) is 0 Å². The fraction of sp³-hybridized carbons (Fsp3) is 0.636. The summed E-state index contributed by atoms with van der Waals surface area (Å²) in [4.78, 5) is 28.5. The fourth-order valence-electron chi connectivity index (χ4n) is 2.31. The van der Waals surface area contributed by atoms with Crippen molar-refractivity contribution in [1.29, 1.82) is 0 Å². The van der Waals surface area contributed by atoms with E-state index >= 15 is 0 Å². The molecule has 0 unspecified atom stereocenters. The van der Waals surface area contributed by atoms with Crippen LogP contribution in [0.4, 0.5) is 0 Å². The highest BCUT2D eigenvalue weighted by Crippen LogP contribution is 2.37. The molecule has 2 atom stereocenters. The molecule has 1 saturated carbocycles. The summed E-state index contributed by atoms with van der Waals surface area (Å²) < 4.78 is 0. The maximum atomic E-state index is 12.2. The van der Waals surface area contributed by atoms with Gasteiger partial charge in [0.2, 0.25) is 5.82 Å². The van der Waals surface area contributed by atoms with Crippen molar-refractivity contribution in [2.75, 3.05) is 6.54 Å². The molecule has 1 aliphatic heterocycles. The molecule has 19 heavy (non-hydrogen) atoms. The van der Waals surface area contributed by atoms with Gasteiger partial charge in [0, 0.05) is 18.9 Å². The van der Waals surface area contributed by atoms with Gasteiger partial charge in [-0.2, -0.15) is 0 Å². The van der Waals surface area contributed by atoms with E-state index in [0.717, 1.165) is 17.7 Å². The molecular weight excluding hydrogens is 252 g/mol. The molecule has 8 heteroatoms. The van der Waals surface area contributed by atoms with Crippen molar-refractivity contribution in [2.45, 2.75) is 37.3 Å². The minimum absolute atomic E-state index is 0.00308. The molecule has 0 spiro atoms. The predicted molar refractivity (Wildman–Crippen MR) is 61.4 cm³/mol. The van der Waals surface area contributed by atoms with E-state index in [1.165, 1.54) is 0 Å². The van der Waals surface area contributed by atoms with Gasteiger partial charge in [0.15, 0.2) is 0 Å². The SMILES string of the molecule is O=C(O)[C@H]1C[C@@H](O)CN1C(=O)c1n[nH]c(C2CC2)n1. The van der Waals surface area contributed by atoms with Gasteiger partial charge in [-0.25, -0.2) is 9.78 Å². The molecule has 102 valence electrons. The summed E-state index contributed by atoms with van der Waals surface area (Å²) in [5, 5.41) is 25.1. The average Bonchev–Trinajstić information content (AvgIpc) is 2.96. The van der Waals surface area contributed by atoms with Crippen molar-refractivity contribution in [3.05, 3.63) is 11.6 Å². The number of H-pyrrole nitrogens is 1. The highest BCUT2D eigenvalue weighted by atomic mass is 16.4. The first-order chi connectivity index (χ1) is 9.06. The van der Waals surface area contributed by atoms with E-state index in [4.69, 9.17) is 5.11 Å². The van der Waals surface area contributed by atoms with Crippen LogP contribution in [0.1, 0.15) is 41.6 Å². The number of likely N-dealkylation sites (tertiary alicyclic amines) is 1. The fourth-order valence-corrected chi connectivity index (χ4v) is 2.31. The van der Waals surface area contributed by atoms with Gasteiger partial charge in [-0.3, -0.25) is 9.89 Å². The van der Waals surface area contributed by atoms with Crippen LogP contribution in [0.2, 0.25) is 0 Å². The highest BCUT2D eigenvalue weighted by Gasteiger charge is 2.40. The van der Waals surface area contributed by atoms with Gasteiger partial charge in [-0.1, -0.05) is 0 Å². The number of aliphatic hydroxyl groups is 1. The standard InChI is InChI=1S/C11H14N4O4/c16-6-3-7(11(18)19)15(4-6)10(17)9-12-8(13-14-9)5-1-2-5/h5-7,16H,1-4H2,(H,18,19)(H,12,13,14)/t6-,7-/m1/s1. The number of aliphatic hydroxyl groups excluding tert-OH is 1. The number of hydrogen-bond acceptors (Lipinski definition) is 5. The third-order valence-electron chi connectivity index (χ3n) is 3.48. The zero-order valence-electron chi connectivity index (χ0n) is 10.1. The van der Waals surface area contributed by atoms with Gasteiger partial charge in [0.1, 0.15) is 11.9 Å². The van der Waals surface area contributed by atoms with Crippen LogP contribution in [0.25, 0.3) is 0 Å². The second-order valence-corrected chi connectivity index (χ2v) is 5.02. The minimum Gasteiger partial charge on any atom is -0.480 e. The van der Waals surface area contributed by atoms with Crippen molar-refractivity contribution >= 4 is 11.9 Å². The van der Waals surface area contributed by atoms with Gasteiger partial charge in [-0.15, -0.1) is 5.10 Å². The lowest BCUT2D eigenvalue weighted by Gasteiger charge is -2.19. The molecule has 3 rings (SSSR count). The van der Waals surface area contributed by atoms with E-state index in [-0.39, 0.29) is 18.8 Å². The number of nitrogens with one attached hydrogen (secondary N) is 1. The van der Waals surface area contributed by atoms with Crippen LogP contribution in [0.3, 0.4) is 0 Å². The Balaban J connectivity index is 1.79. The second-order valence-electron chi connectivity index (χ2n) is 5.02. The highest BCUT2D eigenvalue weighted by molar-refractivity contribution is 5.94. The molecule has 1 amide bonds. The third kappa shape index (κ3) is 2.19. The Bertz CT molecular complexity index is 525. The zero-order valence-corrected chi connectivity index (χ0v) is 10.1. The lowest BCUT2D eigenvalue weighted by Crippen LogP contribution is -2.41. The van der Waals surface area contributed by atoms with Crippen LogP contribution in [-0.2, 0) is 4.79 Å². The zero-order chi connectivity index (χ0) is 13.6. The van der Waals surface area contributed by atoms with E-state index in [0.29, 0.717) is 11.7 Å². The summed E-state index contributed by atoms with van der Waals surface area (Å²) in [5.74, 6) is -0.680. The summed E-state index contributed by atoms with van der Waals surface area (Å²) in [6.45, 7) is 0.00308.